The van der Waals surface area contributed by atoms with Gasteiger partial charge in [-0.3, -0.25) is 0 Å². The molecule has 1 aromatic heterocycles. The maximum atomic E-state index is 6.72. The molecule has 0 bridgehead atoms. The van der Waals surface area contributed by atoms with E-state index in [9.17, 15) is 0 Å². The Balaban J connectivity index is 1.94. The summed E-state index contributed by atoms with van der Waals surface area (Å²) >= 11 is 20.4. The molecule has 2 aromatic carbocycles. The van der Waals surface area contributed by atoms with Crippen molar-refractivity contribution in [3.05, 3.63) is 67.3 Å². The smallest absolute Gasteiger partial charge is 0.0994 e. The molecule has 0 spiro atoms. The lowest BCUT2D eigenvalue weighted by Gasteiger charge is -2.14. The highest BCUT2D eigenvalue weighted by Crippen LogP contribution is 2.44. The zero-order chi connectivity index (χ0) is 14.6. The molecule has 3 aromatic rings. The van der Waals surface area contributed by atoms with Crippen molar-refractivity contribution in [1.29, 1.82) is 0 Å². The third-order valence-corrected chi connectivity index (χ3v) is 6.13. The van der Waals surface area contributed by atoms with Gasteiger partial charge in [-0.15, -0.1) is 22.9 Å². The molecule has 1 atom stereocenters. The van der Waals surface area contributed by atoms with E-state index >= 15 is 0 Å². The quantitative estimate of drug-likeness (QED) is 0.453. The summed E-state index contributed by atoms with van der Waals surface area (Å²) in [5.74, 6) is 0. The van der Waals surface area contributed by atoms with Gasteiger partial charge in [0.25, 0.3) is 0 Å². The largest absolute Gasteiger partial charge is 0.112 e. The van der Waals surface area contributed by atoms with Crippen molar-refractivity contribution in [3.8, 4) is 0 Å². The highest BCUT2D eigenvalue weighted by atomic mass is 35.5. The SMILES string of the molecule is Clc1cc(C(Cl)c2ccc3c4c(cccc24)CC3)c(Cl)s1. The molecule has 0 radical (unpaired) electrons. The zero-order valence-electron chi connectivity index (χ0n) is 11.0. The minimum Gasteiger partial charge on any atom is -0.112 e. The van der Waals surface area contributed by atoms with E-state index in [0.29, 0.717) is 8.67 Å². The van der Waals surface area contributed by atoms with Crippen LogP contribution in [0.4, 0.5) is 0 Å². The summed E-state index contributed by atoms with van der Waals surface area (Å²) in [5, 5.41) is 2.34. The molecule has 21 heavy (non-hydrogen) atoms. The molecule has 1 heterocycles. The highest BCUT2D eigenvalue weighted by Gasteiger charge is 2.22. The summed E-state index contributed by atoms with van der Waals surface area (Å²) in [6.45, 7) is 0. The van der Waals surface area contributed by atoms with E-state index in [2.05, 4.69) is 30.3 Å². The van der Waals surface area contributed by atoms with Crippen LogP contribution in [0, 0.1) is 0 Å². The fourth-order valence-corrected chi connectivity index (χ4v) is 5.20. The van der Waals surface area contributed by atoms with Crippen molar-refractivity contribution < 1.29 is 0 Å². The molecule has 0 amide bonds. The Hall–Kier alpha value is -0.730. The van der Waals surface area contributed by atoms with E-state index in [0.717, 1.165) is 24.0 Å². The van der Waals surface area contributed by atoms with E-state index in [-0.39, 0.29) is 5.38 Å². The number of benzene rings is 2. The van der Waals surface area contributed by atoms with Gasteiger partial charge in [0, 0.05) is 5.56 Å². The molecule has 4 rings (SSSR count). The lowest BCUT2D eigenvalue weighted by atomic mass is 9.96. The van der Waals surface area contributed by atoms with E-state index in [1.54, 1.807) is 0 Å². The van der Waals surface area contributed by atoms with Gasteiger partial charge in [0.1, 0.15) is 0 Å². The van der Waals surface area contributed by atoms with Crippen LogP contribution in [-0.4, -0.2) is 0 Å². The van der Waals surface area contributed by atoms with Crippen LogP contribution < -0.4 is 0 Å². The van der Waals surface area contributed by atoms with E-state index in [4.69, 9.17) is 34.8 Å². The Bertz CT molecular complexity index is 840. The number of alkyl halides is 1. The Kier molecular flexibility index (Phi) is 3.42. The average molecular weight is 354 g/mol. The molecule has 4 heteroatoms. The lowest BCUT2D eigenvalue weighted by Crippen LogP contribution is -1.95. The number of rotatable bonds is 2. The monoisotopic (exact) mass is 352 g/mol. The first-order valence-corrected chi connectivity index (χ1v) is 8.78. The van der Waals surface area contributed by atoms with Gasteiger partial charge in [-0.05, 0) is 46.4 Å². The minimum atomic E-state index is -0.272. The summed E-state index contributed by atoms with van der Waals surface area (Å²) in [6.07, 6.45) is 2.24. The molecular weight excluding hydrogens is 343 g/mol. The Morgan fingerprint density at radius 3 is 2.43 bits per heavy atom. The number of halogens is 3. The second kappa shape index (κ2) is 5.17. The normalized spacial score (nSPS) is 14.8. The van der Waals surface area contributed by atoms with Crippen molar-refractivity contribution in [1.82, 2.24) is 0 Å². The molecule has 106 valence electrons. The van der Waals surface area contributed by atoms with E-state index < -0.39 is 0 Å². The van der Waals surface area contributed by atoms with Crippen molar-refractivity contribution in [3.63, 3.8) is 0 Å². The fraction of sp³-hybridized carbons (Fsp3) is 0.176. The van der Waals surface area contributed by atoms with Gasteiger partial charge in [-0.2, -0.15) is 0 Å². The van der Waals surface area contributed by atoms with Gasteiger partial charge in [-0.25, -0.2) is 0 Å². The minimum absolute atomic E-state index is 0.272. The highest BCUT2D eigenvalue weighted by molar-refractivity contribution is 7.20. The summed E-state index contributed by atoms with van der Waals surface area (Å²) in [5.41, 5.74) is 4.84. The summed E-state index contributed by atoms with van der Waals surface area (Å²) in [7, 11) is 0. The second-order valence-corrected chi connectivity index (χ2v) is 8.02. The molecule has 0 saturated heterocycles. The van der Waals surface area contributed by atoms with Gasteiger partial charge in [0.15, 0.2) is 0 Å². The van der Waals surface area contributed by atoms with Crippen LogP contribution in [0.15, 0.2) is 36.4 Å². The van der Waals surface area contributed by atoms with Crippen LogP contribution in [0.25, 0.3) is 10.8 Å². The molecular formula is C17H11Cl3S. The molecule has 1 aliphatic rings. The van der Waals surface area contributed by atoms with E-state index in [1.165, 1.54) is 33.2 Å². The van der Waals surface area contributed by atoms with Crippen LogP contribution in [0.3, 0.4) is 0 Å². The predicted octanol–water partition coefficient (Wildman–Crippen LogP) is 6.63. The summed E-state index contributed by atoms with van der Waals surface area (Å²) < 4.78 is 1.34. The predicted molar refractivity (Wildman–Crippen MR) is 93.4 cm³/mol. The lowest BCUT2D eigenvalue weighted by molar-refractivity contribution is 1.02. The number of hydrogen-bond acceptors (Lipinski definition) is 1. The number of hydrogen-bond donors (Lipinski definition) is 0. The first-order chi connectivity index (χ1) is 10.1. The summed E-state index contributed by atoms with van der Waals surface area (Å²) in [4.78, 5) is 0. The molecule has 1 aliphatic carbocycles. The molecule has 0 fully saturated rings. The number of thiophene rings is 1. The van der Waals surface area contributed by atoms with Crippen molar-refractivity contribution in [2.75, 3.05) is 0 Å². The van der Waals surface area contributed by atoms with Crippen molar-refractivity contribution in [2.24, 2.45) is 0 Å². The van der Waals surface area contributed by atoms with Crippen LogP contribution in [0.5, 0.6) is 0 Å². The number of aryl methyl sites for hydroxylation is 2. The van der Waals surface area contributed by atoms with Crippen LogP contribution >= 0.6 is 46.1 Å². The molecule has 0 nitrogen and oxygen atoms in total. The van der Waals surface area contributed by atoms with Crippen LogP contribution in [0.1, 0.15) is 27.6 Å². The topological polar surface area (TPSA) is 0 Å². The Morgan fingerprint density at radius 1 is 0.952 bits per heavy atom. The molecule has 0 aliphatic heterocycles. The maximum Gasteiger partial charge on any atom is 0.0994 e. The van der Waals surface area contributed by atoms with Gasteiger partial charge < -0.3 is 0 Å². The van der Waals surface area contributed by atoms with Gasteiger partial charge >= 0.3 is 0 Å². The van der Waals surface area contributed by atoms with Gasteiger partial charge in [-0.1, -0.05) is 53.5 Å². The van der Waals surface area contributed by atoms with E-state index in [1.807, 2.05) is 6.07 Å². The van der Waals surface area contributed by atoms with Crippen LogP contribution in [-0.2, 0) is 12.8 Å². The van der Waals surface area contributed by atoms with Crippen molar-refractivity contribution in [2.45, 2.75) is 18.2 Å². The average Bonchev–Trinajstić information content (AvgIpc) is 3.04. The molecule has 0 N–H and O–H groups in total. The van der Waals surface area contributed by atoms with Crippen LogP contribution in [0.2, 0.25) is 8.67 Å². The summed E-state index contributed by atoms with van der Waals surface area (Å²) in [6, 6.07) is 12.7. The molecule has 0 saturated carbocycles. The zero-order valence-corrected chi connectivity index (χ0v) is 14.1. The molecule has 1 unspecified atom stereocenters. The van der Waals surface area contributed by atoms with Gasteiger partial charge in [0.2, 0.25) is 0 Å². The third-order valence-electron chi connectivity index (χ3n) is 4.14. The Morgan fingerprint density at radius 2 is 1.71 bits per heavy atom. The fourth-order valence-electron chi connectivity index (χ4n) is 3.18. The standard InChI is InChI=1S/C17H11Cl3S/c18-14-8-13(17(20)21-14)16(19)12-7-6-10-5-4-9-2-1-3-11(12)15(9)10/h1-3,6-8,16H,4-5H2. The third kappa shape index (κ3) is 2.19. The Labute approximate surface area is 142 Å². The first kappa shape index (κ1) is 13.9. The second-order valence-electron chi connectivity index (χ2n) is 5.30. The first-order valence-electron chi connectivity index (χ1n) is 6.77. The van der Waals surface area contributed by atoms with Crippen molar-refractivity contribution >= 4 is 56.9 Å². The maximum absolute atomic E-state index is 6.72. The van der Waals surface area contributed by atoms with Gasteiger partial charge in [0.05, 0.1) is 14.0 Å².